The van der Waals surface area contributed by atoms with E-state index in [4.69, 9.17) is 20.8 Å². The van der Waals surface area contributed by atoms with Gasteiger partial charge in [-0.2, -0.15) is 0 Å². The van der Waals surface area contributed by atoms with Crippen LogP contribution in [-0.4, -0.2) is 16.2 Å². The van der Waals surface area contributed by atoms with E-state index in [9.17, 15) is 0 Å². The second-order valence-electron chi connectivity index (χ2n) is 5.77. The number of benzene rings is 1. The molecule has 0 bridgehead atoms. The Balaban J connectivity index is 1.75. The molecular weight excluding hydrogens is 338 g/mol. The Labute approximate surface area is 152 Å². The molecule has 3 aromatic rings. The Morgan fingerprint density at radius 3 is 2.64 bits per heavy atom. The molecule has 0 amide bonds. The molecule has 0 spiro atoms. The van der Waals surface area contributed by atoms with Crippen molar-refractivity contribution in [2.24, 2.45) is 7.05 Å². The Morgan fingerprint density at radius 1 is 1.20 bits per heavy atom. The molecule has 6 heteroatoms. The van der Waals surface area contributed by atoms with Gasteiger partial charge >= 0.3 is 0 Å². The van der Waals surface area contributed by atoms with Crippen LogP contribution in [-0.2, 0) is 24.9 Å². The van der Waals surface area contributed by atoms with Crippen LogP contribution in [0.3, 0.4) is 0 Å². The lowest BCUT2D eigenvalue weighted by atomic mass is 10.1. The lowest BCUT2D eigenvalue weighted by molar-refractivity contribution is 0.117. The number of ether oxygens (including phenoxy) is 1. The van der Waals surface area contributed by atoms with Crippen molar-refractivity contribution >= 4 is 11.6 Å². The van der Waals surface area contributed by atoms with Crippen LogP contribution in [0, 0.1) is 0 Å². The maximum atomic E-state index is 6.02. The highest BCUT2D eigenvalue weighted by molar-refractivity contribution is 6.30. The van der Waals surface area contributed by atoms with Gasteiger partial charge in [-0.05, 0) is 36.8 Å². The van der Waals surface area contributed by atoms with Crippen molar-refractivity contribution in [2.75, 3.05) is 6.61 Å². The van der Waals surface area contributed by atoms with E-state index >= 15 is 0 Å². The number of furan rings is 1. The predicted molar refractivity (Wildman–Crippen MR) is 97.4 cm³/mol. The standard InChI is InChI=1S/C19H22ClN3O2/c1-3-24-13-17-9-8-16(25-17)12-22-18(19-21-10-11-23(19)2)14-4-6-15(20)7-5-14/h4-11,18,22H,3,12-13H2,1-2H3. The number of aromatic nitrogens is 2. The zero-order chi connectivity index (χ0) is 17.6. The summed E-state index contributed by atoms with van der Waals surface area (Å²) in [5.41, 5.74) is 1.10. The molecule has 5 nitrogen and oxygen atoms in total. The highest BCUT2D eigenvalue weighted by Gasteiger charge is 2.18. The van der Waals surface area contributed by atoms with Crippen molar-refractivity contribution in [3.63, 3.8) is 0 Å². The average molecular weight is 360 g/mol. The van der Waals surface area contributed by atoms with Crippen LogP contribution in [0.4, 0.5) is 0 Å². The van der Waals surface area contributed by atoms with E-state index in [1.807, 2.05) is 61.1 Å². The highest BCUT2D eigenvalue weighted by atomic mass is 35.5. The first kappa shape index (κ1) is 17.7. The Hall–Kier alpha value is -2.08. The van der Waals surface area contributed by atoms with Gasteiger partial charge in [0, 0.05) is 31.1 Å². The number of rotatable bonds is 8. The summed E-state index contributed by atoms with van der Waals surface area (Å²) < 4.78 is 13.2. The van der Waals surface area contributed by atoms with Gasteiger partial charge in [0.05, 0.1) is 12.6 Å². The maximum Gasteiger partial charge on any atom is 0.130 e. The fraction of sp³-hybridized carbons (Fsp3) is 0.316. The van der Waals surface area contributed by atoms with Crippen molar-refractivity contribution in [2.45, 2.75) is 26.1 Å². The summed E-state index contributed by atoms with van der Waals surface area (Å²) in [5.74, 6) is 2.63. The van der Waals surface area contributed by atoms with E-state index in [2.05, 4.69) is 10.3 Å². The van der Waals surface area contributed by atoms with E-state index in [0.717, 1.165) is 22.9 Å². The average Bonchev–Trinajstić information content (AvgIpc) is 3.24. The molecule has 132 valence electrons. The smallest absolute Gasteiger partial charge is 0.130 e. The SMILES string of the molecule is CCOCc1ccc(CNC(c2ccc(Cl)cc2)c2nccn2C)o1. The molecule has 25 heavy (non-hydrogen) atoms. The summed E-state index contributed by atoms with van der Waals surface area (Å²) in [6, 6.07) is 11.7. The largest absolute Gasteiger partial charge is 0.462 e. The molecule has 1 aromatic carbocycles. The minimum Gasteiger partial charge on any atom is -0.462 e. The lowest BCUT2D eigenvalue weighted by Gasteiger charge is -2.18. The second-order valence-corrected chi connectivity index (χ2v) is 6.20. The highest BCUT2D eigenvalue weighted by Crippen LogP contribution is 2.23. The number of imidazole rings is 1. The minimum atomic E-state index is -0.0577. The minimum absolute atomic E-state index is 0.0577. The zero-order valence-electron chi connectivity index (χ0n) is 14.4. The van der Waals surface area contributed by atoms with E-state index in [1.165, 1.54) is 0 Å². The van der Waals surface area contributed by atoms with Crippen LogP contribution in [0.25, 0.3) is 0 Å². The summed E-state index contributed by atoms with van der Waals surface area (Å²) in [6.45, 7) is 3.73. The first-order chi connectivity index (χ1) is 12.2. The Morgan fingerprint density at radius 2 is 1.96 bits per heavy atom. The van der Waals surface area contributed by atoms with Gasteiger partial charge in [-0.25, -0.2) is 4.98 Å². The first-order valence-electron chi connectivity index (χ1n) is 8.28. The molecule has 0 aliphatic rings. The summed E-state index contributed by atoms with van der Waals surface area (Å²) in [6.07, 6.45) is 3.74. The van der Waals surface area contributed by atoms with E-state index in [0.29, 0.717) is 24.8 Å². The van der Waals surface area contributed by atoms with Gasteiger partial charge in [-0.3, -0.25) is 5.32 Å². The zero-order valence-corrected chi connectivity index (χ0v) is 15.2. The summed E-state index contributed by atoms with van der Waals surface area (Å²) in [5, 5.41) is 4.24. The van der Waals surface area contributed by atoms with E-state index in [1.54, 1.807) is 6.20 Å². The fourth-order valence-corrected chi connectivity index (χ4v) is 2.79. The number of halogens is 1. The Kier molecular flexibility index (Phi) is 5.91. The molecule has 2 heterocycles. The molecule has 0 aliphatic carbocycles. The monoisotopic (exact) mass is 359 g/mol. The lowest BCUT2D eigenvalue weighted by Crippen LogP contribution is -2.24. The molecule has 2 aromatic heterocycles. The molecular formula is C19H22ClN3O2. The topological polar surface area (TPSA) is 52.2 Å². The summed E-state index contributed by atoms with van der Waals surface area (Å²) in [4.78, 5) is 4.49. The molecule has 0 fully saturated rings. The van der Waals surface area contributed by atoms with E-state index in [-0.39, 0.29) is 6.04 Å². The number of aryl methyl sites for hydroxylation is 1. The van der Waals surface area contributed by atoms with Crippen LogP contribution < -0.4 is 5.32 Å². The van der Waals surface area contributed by atoms with Crippen LogP contribution in [0.2, 0.25) is 5.02 Å². The van der Waals surface area contributed by atoms with Gasteiger partial charge in [-0.15, -0.1) is 0 Å². The van der Waals surface area contributed by atoms with Crippen LogP contribution in [0.15, 0.2) is 53.2 Å². The third-order valence-corrected chi connectivity index (χ3v) is 4.22. The number of hydrogen-bond acceptors (Lipinski definition) is 4. The second kappa shape index (κ2) is 8.34. The molecule has 1 unspecified atom stereocenters. The quantitative estimate of drug-likeness (QED) is 0.658. The van der Waals surface area contributed by atoms with Gasteiger partial charge in [0.25, 0.3) is 0 Å². The molecule has 1 atom stereocenters. The molecule has 0 aliphatic heterocycles. The molecule has 0 saturated carbocycles. The number of nitrogens with zero attached hydrogens (tertiary/aromatic N) is 2. The van der Waals surface area contributed by atoms with Crippen molar-refractivity contribution < 1.29 is 9.15 Å². The van der Waals surface area contributed by atoms with Crippen molar-refractivity contribution in [3.8, 4) is 0 Å². The van der Waals surface area contributed by atoms with Crippen LogP contribution in [0.1, 0.15) is 35.9 Å². The molecule has 0 radical (unpaired) electrons. The molecule has 3 rings (SSSR count). The molecule has 1 N–H and O–H groups in total. The van der Waals surface area contributed by atoms with Crippen molar-refractivity contribution in [1.29, 1.82) is 0 Å². The number of nitrogens with one attached hydrogen (secondary N) is 1. The van der Waals surface area contributed by atoms with Gasteiger partial charge in [-0.1, -0.05) is 23.7 Å². The van der Waals surface area contributed by atoms with Gasteiger partial charge in [0.15, 0.2) is 0 Å². The van der Waals surface area contributed by atoms with E-state index < -0.39 is 0 Å². The number of hydrogen-bond donors (Lipinski definition) is 1. The van der Waals surface area contributed by atoms with Gasteiger partial charge in [0.2, 0.25) is 0 Å². The van der Waals surface area contributed by atoms with Crippen LogP contribution in [0.5, 0.6) is 0 Å². The Bertz CT molecular complexity index is 795. The predicted octanol–water partition coefficient (Wildman–Crippen LogP) is 4.08. The third kappa shape index (κ3) is 4.51. The normalized spacial score (nSPS) is 12.4. The fourth-order valence-electron chi connectivity index (χ4n) is 2.67. The van der Waals surface area contributed by atoms with Crippen molar-refractivity contribution in [1.82, 2.24) is 14.9 Å². The summed E-state index contributed by atoms with van der Waals surface area (Å²) >= 11 is 6.02. The van der Waals surface area contributed by atoms with Gasteiger partial charge < -0.3 is 13.7 Å². The summed E-state index contributed by atoms with van der Waals surface area (Å²) in [7, 11) is 1.99. The van der Waals surface area contributed by atoms with Crippen LogP contribution >= 0.6 is 11.6 Å². The van der Waals surface area contributed by atoms with Gasteiger partial charge in [0.1, 0.15) is 24.0 Å². The first-order valence-corrected chi connectivity index (χ1v) is 8.66. The maximum absolute atomic E-state index is 6.02. The molecule has 0 saturated heterocycles. The third-order valence-electron chi connectivity index (χ3n) is 3.97. The van der Waals surface area contributed by atoms with Crippen molar-refractivity contribution in [3.05, 3.63) is 76.7 Å².